The van der Waals surface area contributed by atoms with Gasteiger partial charge in [-0.2, -0.15) is 0 Å². The fourth-order valence-corrected chi connectivity index (χ4v) is 4.97. The van der Waals surface area contributed by atoms with E-state index in [-0.39, 0.29) is 0 Å². The normalized spacial score (nSPS) is 30.2. The number of aromatic nitrogens is 1. The van der Waals surface area contributed by atoms with Crippen molar-refractivity contribution in [3.63, 3.8) is 0 Å². The number of rotatable bonds is 4. The first-order valence-electron chi connectivity index (χ1n) is 9.97. The average molecular weight is 329 g/mol. The van der Waals surface area contributed by atoms with Crippen LogP contribution in [0.4, 0.5) is 0 Å². The summed E-state index contributed by atoms with van der Waals surface area (Å²) in [5, 5.41) is 0. The van der Waals surface area contributed by atoms with E-state index in [1.54, 1.807) is 0 Å². The Morgan fingerprint density at radius 3 is 2.54 bits per heavy atom. The predicted molar refractivity (Wildman–Crippen MR) is 97.9 cm³/mol. The number of pyridine rings is 1. The molecule has 0 unspecified atom stereocenters. The third-order valence-electron chi connectivity index (χ3n) is 6.30. The minimum absolute atomic E-state index is 0.888. The van der Waals surface area contributed by atoms with Crippen molar-refractivity contribution in [2.24, 2.45) is 5.92 Å². The zero-order chi connectivity index (χ0) is 16.2. The van der Waals surface area contributed by atoms with Crippen LogP contribution in [0.3, 0.4) is 0 Å². The van der Waals surface area contributed by atoms with Crippen LogP contribution < -0.4 is 0 Å². The van der Waals surface area contributed by atoms with Gasteiger partial charge in [-0.1, -0.05) is 12.5 Å². The highest BCUT2D eigenvalue weighted by Crippen LogP contribution is 2.31. The first kappa shape index (κ1) is 16.5. The van der Waals surface area contributed by atoms with Crippen molar-refractivity contribution in [1.29, 1.82) is 0 Å². The Labute approximate surface area is 146 Å². The predicted octanol–water partition coefficient (Wildman–Crippen LogP) is 2.46. The molecule has 0 aliphatic carbocycles. The van der Waals surface area contributed by atoms with Crippen LogP contribution in [0.5, 0.6) is 0 Å². The Morgan fingerprint density at radius 2 is 1.71 bits per heavy atom. The lowest BCUT2D eigenvalue weighted by Crippen LogP contribution is -2.53. The zero-order valence-corrected chi connectivity index (χ0v) is 14.9. The standard InChI is InChI=1S/C20H32N4/c1-3-9-21-19(7-1)17-23-14-12-22(13-15-23)16-18-6-5-11-24-10-4-2-8-20(18)24/h1,3,7,9,18,20H,2,4-6,8,10-17H2/t18-,20+/m0/s1. The Hall–Kier alpha value is -0.970. The van der Waals surface area contributed by atoms with Crippen LogP contribution in [-0.2, 0) is 6.54 Å². The van der Waals surface area contributed by atoms with Crippen LogP contribution in [0.15, 0.2) is 24.4 Å². The molecule has 3 saturated heterocycles. The van der Waals surface area contributed by atoms with Crippen LogP contribution in [0.25, 0.3) is 0 Å². The molecule has 4 heterocycles. The highest BCUT2D eigenvalue weighted by Gasteiger charge is 2.34. The summed E-state index contributed by atoms with van der Waals surface area (Å²) in [6, 6.07) is 7.13. The van der Waals surface area contributed by atoms with Crippen molar-refractivity contribution in [3.05, 3.63) is 30.1 Å². The molecular weight excluding hydrogens is 296 g/mol. The van der Waals surface area contributed by atoms with E-state index >= 15 is 0 Å². The Morgan fingerprint density at radius 1 is 0.875 bits per heavy atom. The molecule has 3 aliphatic rings. The molecule has 0 saturated carbocycles. The summed E-state index contributed by atoms with van der Waals surface area (Å²) >= 11 is 0. The first-order chi connectivity index (χ1) is 11.9. The molecule has 132 valence electrons. The van der Waals surface area contributed by atoms with Gasteiger partial charge in [0.05, 0.1) is 5.69 Å². The topological polar surface area (TPSA) is 22.6 Å². The Balaban J connectivity index is 1.25. The van der Waals surface area contributed by atoms with E-state index < -0.39 is 0 Å². The number of piperazine rings is 1. The summed E-state index contributed by atoms with van der Waals surface area (Å²) in [4.78, 5) is 12.6. The fourth-order valence-electron chi connectivity index (χ4n) is 4.97. The molecule has 4 nitrogen and oxygen atoms in total. The Bertz CT molecular complexity index is 496. The minimum Gasteiger partial charge on any atom is -0.300 e. The van der Waals surface area contributed by atoms with Crippen molar-refractivity contribution >= 4 is 0 Å². The Kier molecular flexibility index (Phi) is 5.46. The van der Waals surface area contributed by atoms with Crippen molar-refractivity contribution in [2.75, 3.05) is 45.8 Å². The van der Waals surface area contributed by atoms with Gasteiger partial charge in [0, 0.05) is 51.5 Å². The van der Waals surface area contributed by atoms with Gasteiger partial charge in [-0.05, 0) is 56.8 Å². The lowest BCUT2D eigenvalue weighted by atomic mass is 9.83. The molecule has 24 heavy (non-hydrogen) atoms. The molecule has 1 aromatic heterocycles. The van der Waals surface area contributed by atoms with E-state index in [0.29, 0.717) is 0 Å². The third-order valence-corrected chi connectivity index (χ3v) is 6.30. The quantitative estimate of drug-likeness (QED) is 0.847. The van der Waals surface area contributed by atoms with Crippen LogP contribution in [-0.4, -0.2) is 71.5 Å². The van der Waals surface area contributed by atoms with Crippen LogP contribution in [0.1, 0.15) is 37.8 Å². The molecule has 2 atom stereocenters. The van der Waals surface area contributed by atoms with Gasteiger partial charge in [-0.15, -0.1) is 0 Å². The van der Waals surface area contributed by atoms with Gasteiger partial charge in [-0.3, -0.25) is 9.88 Å². The summed E-state index contributed by atoms with van der Waals surface area (Å²) in [7, 11) is 0. The lowest BCUT2D eigenvalue weighted by Gasteiger charge is -2.46. The number of hydrogen-bond acceptors (Lipinski definition) is 4. The summed E-state index contributed by atoms with van der Waals surface area (Å²) in [6.07, 6.45) is 9.11. The van der Waals surface area contributed by atoms with Crippen molar-refractivity contribution in [1.82, 2.24) is 19.7 Å². The van der Waals surface area contributed by atoms with Gasteiger partial charge in [0.25, 0.3) is 0 Å². The first-order valence-corrected chi connectivity index (χ1v) is 9.97. The number of piperidine rings is 2. The van der Waals surface area contributed by atoms with E-state index in [2.05, 4.69) is 31.8 Å². The van der Waals surface area contributed by atoms with Crippen LogP contribution >= 0.6 is 0 Å². The maximum atomic E-state index is 4.47. The van der Waals surface area contributed by atoms with E-state index in [1.807, 2.05) is 12.3 Å². The van der Waals surface area contributed by atoms with E-state index in [9.17, 15) is 0 Å². The minimum atomic E-state index is 0.888. The summed E-state index contributed by atoms with van der Waals surface area (Å²) in [5.74, 6) is 0.918. The molecule has 0 N–H and O–H groups in total. The number of fused-ring (bicyclic) bond motifs is 1. The van der Waals surface area contributed by atoms with E-state index in [0.717, 1.165) is 18.5 Å². The molecule has 4 rings (SSSR count). The fraction of sp³-hybridized carbons (Fsp3) is 0.750. The van der Waals surface area contributed by atoms with Crippen LogP contribution in [0, 0.1) is 5.92 Å². The maximum absolute atomic E-state index is 4.47. The van der Waals surface area contributed by atoms with Gasteiger partial charge >= 0.3 is 0 Å². The number of hydrogen-bond donors (Lipinski definition) is 0. The second-order valence-corrected chi connectivity index (χ2v) is 7.90. The molecule has 1 aromatic rings. The molecule has 0 amide bonds. The van der Waals surface area contributed by atoms with E-state index in [1.165, 1.54) is 83.6 Å². The molecular formula is C20H32N4. The second-order valence-electron chi connectivity index (χ2n) is 7.90. The average Bonchev–Trinajstić information content (AvgIpc) is 2.65. The van der Waals surface area contributed by atoms with Gasteiger partial charge in [0.1, 0.15) is 0 Å². The molecule has 0 spiro atoms. The molecule has 0 bridgehead atoms. The monoisotopic (exact) mass is 328 g/mol. The van der Waals surface area contributed by atoms with Gasteiger partial charge in [0.15, 0.2) is 0 Å². The van der Waals surface area contributed by atoms with Gasteiger partial charge in [-0.25, -0.2) is 0 Å². The van der Waals surface area contributed by atoms with Crippen molar-refractivity contribution in [2.45, 2.75) is 44.7 Å². The molecule has 0 aromatic carbocycles. The van der Waals surface area contributed by atoms with E-state index in [4.69, 9.17) is 0 Å². The smallest absolute Gasteiger partial charge is 0.0543 e. The summed E-state index contributed by atoms with van der Waals surface area (Å²) in [5.41, 5.74) is 1.20. The summed E-state index contributed by atoms with van der Waals surface area (Å²) in [6.45, 7) is 9.91. The molecule has 4 heteroatoms. The largest absolute Gasteiger partial charge is 0.300 e. The highest BCUT2D eigenvalue weighted by molar-refractivity contribution is 5.03. The second kappa shape index (κ2) is 7.94. The SMILES string of the molecule is c1ccc(CN2CCN(C[C@@H]3CCCN4CCCC[C@H]34)CC2)nc1. The van der Waals surface area contributed by atoms with Crippen molar-refractivity contribution < 1.29 is 0 Å². The zero-order valence-electron chi connectivity index (χ0n) is 14.9. The number of nitrogens with zero attached hydrogens (tertiary/aromatic N) is 4. The molecule has 3 fully saturated rings. The van der Waals surface area contributed by atoms with Gasteiger partial charge < -0.3 is 9.80 Å². The van der Waals surface area contributed by atoms with Crippen molar-refractivity contribution in [3.8, 4) is 0 Å². The molecule has 0 radical (unpaired) electrons. The summed E-state index contributed by atoms with van der Waals surface area (Å²) < 4.78 is 0. The lowest BCUT2D eigenvalue weighted by molar-refractivity contribution is 0.0282. The molecule has 3 aliphatic heterocycles. The highest BCUT2D eigenvalue weighted by atomic mass is 15.3. The maximum Gasteiger partial charge on any atom is 0.0543 e. The van der Waals surface area contributed by atoms with Gasteiger partial charge in [0.2, 0.25) is 0 Å². The third kappa shape index (κ3) is 3.98. The van der Waals surface area contributed by atoms with Crippen LogP contribution in [0.2, 0.25) is 0 Å².